The Morgan fingerprint density at radius 3 is 2.50 bits per heavy atom. The molecule has 0 unspecified atom stereocenters. The quantitative estimate of drug-likeness (QED) is 0.580. The van der Waals surface area contributed by atoms with Crippen LogP contribution in [0, 0.1) is 17.5 Å². The van der Waals surface area contributed by atoms with Gasteiger partial charge in [-0.1, -0.05) is 0 Å². The lowest BCUT2D eigenvalue weighted by atomic mass is 10.2. The average Bonchev–Trinajstić information content (AvgIpc) is 3.03. The Morgan fingerprint density at radius 1 is 1.19 bits per heavy atom. The van der Waals surface area contributed by atoms with Crippen LogP contribution in [0.15, 0.2) is 10.8 Å². The minimum absolute atomic E-state index is 0.0827. The molecule has 0 aliphatic heterocycles. The molecule has 84 valence electrons. The fourth-order valence-corrected chi connectivity index (χ4v) is 2.13. The average molecular weight is 291 g/mol. The van der Waals surface area contributed by atoms with Crippen molar-refractivity contribution in [2.75, 3.05) is 0 Å². The van der Waals surface area contributed by atoms with E-state index in [4.69, 9.17) is 0 Å². The summed E-state index contributed by atoms with van der Waals surface area (Å²) in [6.45, 7) is 0. The first-order chi connectivity index (χ1) is 7.61. The van der Waals surface area contributed by atoms with Gasteiger partial charge in [0.1, 0.15) is 11.0 Å². The van der Waals surface area contributed by atoms with Crippen molar-refractivity contribution in [1.82, 2.24) is 9.55 Å². The topological polar surface area (TPSA) is 17.8 Å². The standard InChI is InChI=1S/C10H6BrF3N2/c11-5-6(12)8(14)10-9(7(5)13)15-3-16(10)4-1-2-4/h3-4H,1-2H2. The summed E-state index contributed by atoms with van der Waals surface area (Å²) in [5.74, 6) is -3.10. The highest BCUT2D eigenvalue weighted by molar-refractivity contribution is 9.10. The van der Waals surface area contributed by atoms with Crippen molar-refractivity contribution in [3.63, 3.8) is 0 Å². The summed E-state index contributed by atoms with van der Waals surface area (Å²) in [6, 6.07) is 0.125. The van der Waals surface area contributed by atoms with Gasteiger partial charge in [-0.3, -0.25) is 0 Å². The third-order valence-electron chi connectivity index (χ3n) is 2.73. The molecule has 2 aromatic rings. The monoisotopic (exact) mass is 290 g/mol. The summed E-state index contributed by atoms with van der Waals surface area (Å²) < 4.78 is 41.7. The van der Waals surface area contributed by atoms with Gasteiger partial charge in [0.15, 0.2) is 17.5 Å². The van der Waals surface area contributed by atoms with Crippen LogP contribution in [0.3, 0.4) is 0 Å². The third kappa shape index (κ3) is 1.22. The zero-order valence-electron chi connectivity index (χ0n) is 7.98. The third-order valence-corrected chi connectivity index (χ3v) is 3.42. The van der Waals surface area contributed by atoms with Crippen molar-refractivity contribution in [3.05, 3.63) is 28.3 Å². The normalized spacial score (nSPS) is 16.0. The van der Waals surface area contributed by atoms with Gasteiger partial charge in [-0.2, -0.15) is 0 Å². The van der Waals surface area contributed by atoms with Crippen LogP contribution in [0.5, 0.6) is 0 Å². The van der Waals surface area contributed by atoms with E-state index in [0.29, 0.717) is 0 Å². The number of rotatable bonds is 1. The zero-order chi connectivity index (χ0) is 11.4. The molecule has 1 saturated carbocycles. The molecule has 6 heteroatoms. The van der Waals surface area contributed by atoms with Crippen molar-refractivity contribution in [2.45, 2.75) is 18.9 Å². The van der Waals surface area contributed by atoms with E-state index in [9.17, 15) is 13.2 Å². The van der Waals surface area contributed by atoms with Gasteiger partial charge in [0, 0.05) is 6.04 Å². The summed E-state index contributed by atoms with van der Waals surface area (Å²) in [5, 5.41) is 0. The molecule has 0 saturated heterocycles. The molecule has 1 aromatic heterocycles. The summed E-state index contributed by atoms with van der Waals surface area (Å²) in [4.78, 5) is 3.79. The lowest BCUT2D eigenvalue weighted by Crippen LogP contribution is -1.98. The molecule has 1 aliphatic rings. The van der Waals surface area contributed by atoms with Crippen molar-refractivity contribution < 1.29 is 13.2 Å². The minimum Gasteiger partial charge on any atom is -0.325 e. The van der Waals surface area contributed by atoms with Gasteiger partial charge in [-0.15, -0.1) is 0 Å². The van der Waals surface area contributed by atoms with Crippen molar-refractivity contribution >= 4 is 27.0 Å². The highest BCUT2D eigenvalue weighted by Crippen LogP contribution is 2.39. The highest BCUT2D eigenvalue weighted by atomic mass is 79.9. The Hall–Kier alpha value is -1.04. The molecule has 2 nitrogen and oxygen atoms in total. The molecule has 1 fully saturated rings. The van der Waals surface area contributed by atoms with E-state index in [1.807, 2.05) is 0 Å². The smallest absolute Gasteiger partial charge is 0.186 e. The van der Waals surface area contributed by atoms with E-state index in [0.717, 1.165) is 12.8 Å². The predicted octanol–water partition coefficient (Wildman–Crippen LogP) is 3.55. The molecular weight excluding hydrogens is 285 g/mol. The molecule has 1 aromatic carbocycles. The molecular formula is C10H6BrF3N2. The Kier molecular flexibility index (Phi) is 2.04. The van der Waals surface area contributed by atoms with Crippen LogP contribution in [0.2, 0.25) is 0 Å². The Labute approximate surface area is 97.2 Å². The molecule has 0 atom stereocenters. The van der Waals surface area contributed by atoms with E-state index >= 15 is 0 Å². The number of hydrogen-bond donors (Lipinski definition) is 0. The number of halogens is 4. The van der Waals surface area contributed by atoms with E-state index in [1.54, 1.807) is 0 Å². The lowest BCUT2D eigenvalue weighted by molar-refractivity contribution is 0.494. The molecule has 0 amide bonds. The van der Waals surface area contributed by atoms with Crippen LogP contribution < -0.4 is 0 Å². The van der Waals surface area contributed by atoms with Crippen molar-refractivity contribution in [1.29, 1.82) is 0 Å². The fourth-order valence-electron chi connectivity index (χ4n) is 1.77. The van der Waals surface area contributed by atoms with Crippen LogP contribution in [0.25, 0.3) is 11.0 Å². The molecule has 1 aliphatic carbocycles. The Morgan fingerprint density at radius 2 is 1.88 bits per heavy atom. The Bertz CT molecular complexity index is 589. The van der Waals surface area contributed by atoms with Gasteiger partial charge in [-0.25, -0.2) is 18.2 Å². The second-order valence-corrected chi connectivity index (χ2v) is 4.63. The summed E-state index contributed by atoms with van der Waals surface area (Å²) >= 11 is 2.67. The number of hydrogen-bond acceptors (Lipinski definition) is 1. The SMILES string of the molecule is Fc1c(Br)c(F)c2ncn(C3CC3)c2c1F. The van der Waals surface area contributed by atoms with E-state index in [-0.39, 0.29) is 17.1 Å². The van der Waals surface area contributed by atoms with Crippen LogP contribution >= 0.6 is 15.9 Å². The largest absolute Gasteiger partial charge is 0.325 e. The van der Waals surface area contributed by atoms with Gasteiger partial charge in [0.25, 0.3) is 0 Å². The molecule has 0 radical (unpaired) electrons. The van der Waals surface area contributed by atoms with Crippen LogP contribution in [-0.4, -0.2) is 9.55 Å². The number of nitrogens with zero attached hydrogens (tertiary/aromatic N) is 2. The molecule has 0 bridgehead atoms. The highest BCUT2D eigenvalue weighted by Gasteiger charge is 2.29. The molecule has 0 N–H and O–H groups in total. The van der Waals surface area contributed by atoms with E-state index in [2.05, 4.69) is 20.9 Å². The van der Waals surface area contributed by atoms with Gasteiger partial charge < -0.3 is 4.57 Å². The zero-order valence-corrected chi connectivity index (χ0v) is 9.56. The van der Waals surface area contributed by atoms with Crippen LogP contribution in [0.4, 0.5) is 13.2 Å². The van der Waals surface area contributed by atoms with Gasteiger partial charge in [-0.05, 0) is 28.8 Å². The molecule has 3 rings (SSSR count). The van der Waals surface area contributed by atoms with E-state index < -0.39 is 21.9 Å². The summed E-state index contributed by atoms with van der Waals surface area (Å²) in [6.07, 6.45) is 3.15. The van der Waals surface area contributed by atoms with Crippen molar-refractivity contribution in [3.8, 4) is 0 Å². The van der Waals surface area contributed by atoms with E-state index in [1.165, 1.54) is 10.9 Å². The molecule has 0 spiro atoms. The Balaban J connectivity index is 2.43. The number of aromatic nitrogens is 2. The summed E-state index contributed by atoms with van der Waals surface area (Å²) in [7, 11) is 0. The second kappa shape index (κ2) is 3.23. The van der Waals surface area contributed by atoms with Gasteiger partial charge in [0.2, 0.25) is 0 Å². The minimum atomic E-state index is -1.20. The summed E-state index contributed by atoms with van der Waals surface area (Å²) in [5.41, 5.74) is -0.210. The maximum Gasteiger partial charge on any atom is 0.186 e. The maximum atomic E-state index is 13.7. The lowest BCUT2D eigenvalue weighted by Gasteiger charge is -2.04. The molecule has 1 heterocycles. The first-order valence-electron chi connectivity index (χ1n) is 4.79. The predicted molar refractivity (Wildman–Crippen MR) is 55.6 cm³/mol. The van der Waals surface area contributed by atoms with Crippen LogP contribution in [-0.2, 0) is 0 Å². The number of benzene rings is 1. The van der Waals surface area contributed by atoms with Gasteiger partial charge >= 0.3 is 0 Å². The second-order valence-electron chi connectivity index (χ2n) is 3.84. The first-order valence-corrected chi connectivity index (χ1v) is 5.59. The molecule has 16 heavy (non-hydrogen) atoms. The number of fused-ring (bicyclic) bond motifs is 1. The first kappa shape index (κ1) is 10.1. The number of imidazole rings is 1. The van der Waals surface area contributed by atoms with Gasteiger partial charge in [0.05, 0.1) is 10.8 Å². The van der Waals surface area contributed by atoms with Crippen LogP contribution in [0.1, 0.15) is 18.9 Å². The maximum absolute atomic E-state index is 13.7. The van der Waals surface area contributed by atoms with Crippen molar-refractivity contribution in [2.24, 2.45) is 0 Å². The fraction of sp³-hybridized carbons (Fsp3) is 0.300.